The Kier molecular flexibility index (Phi) is 10.8. The average Bonchev–Trinajstić information content (AvgIpc) is 3.41. The smallest absolute Gasteiger partial charge is 0.252 e. The van der Waals surface area contributed by atoms with Gasteiger partial charge in [0.25, 0.3) is 6.71 Å². The average molecular weight is 913 g/mol. The number of hydrogen-bond donors (Lipinski definition) is 0. The predicted molar refractivity (Wildman–Crippen MR) is 305 cm³/mol. The molecule has 0 saturated heterocycles. The highest BCUT2D eigenvalue weighted by Crippen LogP contribution is 2.49. The minimum atomic E-state index is -0.0595. The normalized spacial score (nSPS) is 12.8. The molecule has 12 rings (SSSR count). The summed E-state index contributed by atoms with van der Waals surface area (Å²) in [4.78, 5) is 5.11. The third-order valence-electron chi connectivity index (χ3n) is 14.8. The van der Waals surface area contributed by atoms with Gasteiger partial charge in [-0.05, 0) is 137 Å². The monoisotopic (exact) mass is 912 g/mol. The van der Waals surface area contributed by atoms with E-state index in [1.807, 2.05) is 0 Å². The molecule has 2 aliphatic heterocycles. The van der Waals surface area contributed by atoms with E-state index in [0.29, 0.717) is 0 Å². The van der Waals surface area contributed by atoms with Gasteiger partial charge in [-0.2, -0.15) is 0 Å². The van der Waals surface area contributed by atoms with Gasteiger partial charge in [-0.1, -0.05) is 230 Å². The van der Waals surface area contributed by atoms with Gasteiger partial charge in [0.15, 0.2) is 0 Å². The van der Waals surface area contributed by atoms with Crippen molar-refractivity contribution in [3.63, 3.8) is 0 Å². The van der Waals surface area contributed by atoms with Crippen LogP contribution in [0.3, 0.4) is 0 Å². The Bertz CT molecular complexity index is 3560. The summed E-state index contributed by atoms with van der Waals surface area (Å²) in [5, 5.41) is 0. The first-order chi connectivity index (χ1) is 34.5. The van der Waals surface area contributed by atoms with Crippen molar-refractivity contribution >= 4 is 57.2 Å². The number of anilines is 6. The predicted octanol–water partition coefficient (Wildman–Crippen LogP) is 16.7. The molecule has 0 aromatic heterocycles. The highest BCUT2D eigenvalue weighted by atomic mass is 15.2. The number of nitrogens with zero attached hydrogens (tertiary/aromatic N) is 2. The lowest BCUT2D eigenvalue weighted by Gasteiger charge is -2.44. The molecule has 0 atom stereocenters. The summed E-state index contributed by atoms with van der Waals surface area (Å²) in [6.45, 7) is 14.0. The molecule has 0 amide bonds. The highest BCUT2D eigenvalue weighted by Gasteiger charge is 2.44. The molecule has 10 aromatic carbocycles. The summed E-state index contributed by atoms with van der Waals surface area (Å²) in [5.74, 6) is 0. The van der Waals surface area contributed by atoms with E-state index in [2.05, 4.69) is 288 Å². The van der Waals surface area contributed by atoms with Crippen molar-refractivity contribution in [2.45, 2.75) is 52.4 Å². The van der Waals surface area contributed by atoms with E-state index < -0.39 is 0 Å². The first-order valence-corrected chi connectivity index (χ1v) is 25.1. The van der Waals surface area contributed by atoms with Crippen molar-refractivity contribution in [3.8, 4) is 55.6 Å². The van der Waals surface area contributed by atoms with Crippen LogP contribution in [0.4, 0.5) is 34.1 Å². The van der Waals surface area contributed by atoms with Crippen LogP contribution >= 0.6 is 0 Å². The van der Waals surface area contributed by atoms with Gasteiger partial charge < -0.3 is 9.80 Å². The quantitative estimate of drug-likeness (QED) is 0.147. The van der Waals surface area contributed by atoms with Gasteiger partial charge in [-0.15, -0.1) is 0 Å². The Labute approximate surface area is 420 Å². The summed E-state index contributed by atoms with van der Waals surface area (Å²) in [7, 11) is 0. The van der Waals surface area contributed by atoms with Crippen molar-refractivity contribution in [3.05, 3.63) is 248 Å². The fourth-order valence-electron chi connectivity index (χ4n) is 10.9. The van der Waals surface area contributed by atoms with Crippen LogP contribution in [-0.2, 0) is 10.8 Å². The Morgan fingerprint density at radius 3 is 1.25 bits per heavy atom. The minimum absolute atomic E-state index is 0.0421. The van der Waals surface area contributed by atoms with Gasteiger partial charge in [0.05, 0.1) is 5.69 Å². The fourth-order valence-corrected chi connectivity index (χ4v) is 10.9. The van der Waals surface area contributed by atoms with Crippen LogP contribution in [0.15, 0.2) is 237 Å². The number of hydrogen-bond acceptors (Lipinski definition) is 2. The lowest BCUT2D eigenvalue weighted by atomic mass is 9.33. The molecule has 2 heterocycles. The van der Waals surface area contributed by atoms with E-state index in [-0.39, 0.29) is 17.5 Å². The standard InChI is InChI=1S/C68H57BN2/c1-67(2,3)55-40-54(41-56(45-55)68(4,5)6)58-42-51(47-22-13-8-14-23-47)33-38-61(58)71-64-29-19-28-63-66(64)69(59-37-32-53(44-65(59)71)49-26-17-10-18-27-49)60-43-52(48-24-15-9-16-25-48)34-39-62(60)70(63)57-35-30-50(31-36-57)46-20-11-7-12-21-46/h7-45H,1-6H3. The zero-order chi connectivity index (χ0) is 48.4. The molecule has 0 N–H and O–H groups in total. The topological polar surface area (TPSA) is 6.48 Å². The fraction of sp³-hybridized carbons (Fsp3) is 0.118. The molecule has 10 aromatic rings. The molecule has 3 heteroatoms. The largest absolute Gasteiger partial charge is 0.311 e. The molecular weight excluding hydrogens is 856 g/mol. The van der Waals surface area contributed by atoms with Crippen LogP contribution in [0, 0.1) is 0 Å². The lowest BCUT2D eigenvalue weighted by Crippen LogP contribution is -2.61. The number of fused-ring (bicyclic) bond motifs is 4. The summed E-state index contributed by atoms with van der Waals surface area (Å²) in [5.41, 5.74) is 25.5. The Morgan fingerprint density at radius 1 is 0.282 bits per heavy atom. The van der Waals surface area contributed by atoms with Gasteiger partial charge in [0.1, 0.15) is 0 Å². The molecule has 0 bridgehead atoms. The number of rotatable bonds is 7. The Balaban J connectivity index is 1.15. The molecule has 0 aliphatic carbocycles. The highest BCUT2D eigenvalue weighted by molar-refractivity contribution is 7.00. The van der Waals surface area contributed by atoms with Gasteiger partial charge in [0.2, 0.25) is 0 Å². The maximum atomic E-state index is 2.60. The molecule has 342 valence electrons. The van der Waals surface area contributed by atoms with Crippen LogP contribution in [-0.4, -0.2) is 6.71 Å². The molecular formula is C68H57BN2. The van der Waals surface area contributed by atoms with E-state index >= 15 is 0 Å². The van der Waals surface area contributed by atoms with Crippen molar-refractivity contribution in [2.75, 3.05) is 9.80 Å². The lowest BCUT2D eigenvalue weighted by molar-refractivity contribution is 0.569. The maximum Gasteiger partial charge on any atom is 0.252 e. The minimum Gasteiger partial charge on any atom is -0.311 e. The second-order valence-corrected chi connectivity index (χ2v) is 21.4. The first kappa shape index (κ1) is 44.1. The molecule has 2 nitrogen and oxygen atoms in total. The number of benzene rings is 10. The van der Waals surface area contributed by atoms with Crippen LogP contribution in [0.1, 0.15) is 52.7 Å². The van der Waals surface area contributed by atoms with Crippen LogP contribution in [0.25, 0.3) is 55.6 Å². The zero-order valence-corrected chi connectivity index (χ0v) is 41.5. The Morgan fingerprint density at radius 2 is 0.718 bits per heavy atom. The second-order valence-electron chi connectivity index (χ2n) is 21.4. The second kappa shape index (κ2) is 17.4. The third kappa shape index (κ3) is 7.96. The Hall–Kier alpha value is -8.14. The summed E-state index contributed by atoms with van der Waals surface area (Å²) >= 11 is 0. The first-order valence-electron chi connectivity index (χ1n) is 25.1. The van der Waals surface area contributed by atoms with Crippen LogP contribution in [0.2, 0.25) is 0 Å². The summed E-state index contributed by atoms with van der Waals surface area (Å²) < 4.78 is 0. The molecule has 0 fully saturated rings. The molecule has 0 spiro atoms. The van der Waals surface area contributed by atoms with Gasteiger partial charge in [0, 0.05) is 34.0 Å². The third-order valence-corrected chi connectivity index (χ3v) is 14.8. The molecule has 71 heavy (non-hydrogen) atoms. The maximum absolute atomic E-state index is 2.60. The SMILES string of the molecule is CC(C)(C)c1cc(-c2cc(-c3ccccc3)ccc2N2c3cc(-c4ccccc4)ccc3B3c4cc(-c5ccccc5)ccc4N(c4ccc(-c5ccccc5)cc4)c4cccc2c43)cc(C(C)(C)C)c1. The summed E-state index contributed by atoms with van der Waals surface area (Å²) in [6.07, 6.45) is 0. The van der Waals surface area contributed by atoms with E-state index in [9.17, 15) is 0 Å². The van der Waals surface area contributed by atoms with Crippen molar-refractivity contribution in [1.29, 1.82) is 0 Å². The van der Waals surface area contributed by atoms with Crippen LogP contribution in [0.5, 0.6) is 0 Å². The van der Waals surface area contributed by atoms with Gasteiger partial charge in [-0.3, -0.25) is 0 Å². The molecule has 0 saturated carbocycles. The van der Waals surface area contributed by atoms with Crippen molar-refractivity contribution in [2.24, 2.45) is 0 Å². The van der Waals surface area contributed by atoms with Crippen LogP contribution < -0.4 is 26.2 Å². The van der Waals surface area contributed by atoms with Gasteiger partial charge in [-0.25, -0.2) is 0 Å². The van der Waals surface area contributed by atoms with Gasteiger partial charge >= 0.3 is 0 Å². The zero-order valence-electron chi connectivity index (χ0n) is 41.5. The molecule has 2 aliphatic rings. The summed E-state index contributed by atoms with van der Waals surface area (Å²) in [6, 6.07) is 88.3. The molecule has 0 radical (unpaired) electrons. The van der Waals surface area contributed by atoms with Crippen molar-refractivity contribution in [1.82, 2.24) is 0 Å². The van der Waals surface area contributed by atoms with Crippen molar-refractivity contribution < 1.29 is 0 Å². The van der Waals surface area contributed by atoms with E-state index in [1.54, 1.807) is 0 Å². The van der Waals surface area contributed by atoms with E-state index in [4.69, 9.17) is 0 Å². The van der Waals surface area contributed by atoms with E-state index in [0.717, 1.165) is 11.4 Å². The molecule has 0 unspecified atom stereocenters. The van der Waals surface area contributed by atoms with E-state index in [1.165, 1.54) is 106 Å².